The van der Waals surface area contributed by atoms with Gasteiger partial charge in [-0.05, 0) is 30.5 Å². The molecule has 1 amide bonds. The van der Waals surface area contributed by atoms with E-state index in [2.05, 4.69) is 4.74 Å². The van der Waals surface area contributed by atoms with E-state index in [1.165, 1.54) is 12.0 Å². The van der Waals surface area contributed by atoms with Crippen molar-refractivity contribution in [2.45, 2.75) is 24.9 Å². The third-order valence-electron chi connectivity index (χ3n) is 3.31. The molecule has 1 saturated heterocycles. The summed E-state index contributed by atoms with van der Waals surface area (Å²) >= 11 is 5.82. The standard InChI is InChI=1S/C13H14ClNO4/c1-19-13(18)15-10(6-7-11(15)12(16)17)8-2-4-9(14)5-3-8/h2-5,10-11H,6-7H2,1H3,(H,16,17). The summed E-state index contributed by atoms with van der Waals surface area (Å²) in [5.41, 5.74) is 0.860. The number of carboxylic acids is 1. The van der Waals surface area contributed by atoms with Crippen LogP contribution in [0.25, 0.3) is 0 Å². The Hall–Kier alpha value is -1.75. The highest BCUT2D eigenvalue weighted by Gasteiger charge is 2.42. The minimum Gasteiger partial charge on any atom is -0.480 e. The van der Waals surface area contributed by atoms with Gasteiger partial charge >= 0.3 is 12.1 Å². The molecule has 0 radical (unpaired) electrons. The second-order valence-corrected chi connectivity index (χ2v) is 4.81. The highest BCUT2D eigenvalue weighted by atomic mass is 35.5. The molecule has 1 N–H and O–H groups in total. The van der Waals surface area contributed by atoms with E-state index in [1.54, 1.807) is 24.3 Å². The molecule has 1 aromatic carbocycles. The quantitative estimate of drug-likeness (QED) is 0.906. The number of carbonyl (C=O) groups excluding carboxylic acids is 1. The normalized spacial score (nSPS) is 22.3. The van der Waals surface area contributed by atoms with Gasteiger partial charge in [-0.15, -0.1) is 0 Å². The number of benzene rings is 1. The van der Waals surface area contributed by atoms with Crippen molar-refractivity contribution >= 4 is 23.7 Å². The predicted molar refractivity (Wildman–Crippen MR) is 69.1 cm³/mol. The van der Waals surface area contributed by atoms with Crippen LogP contribution in [0, 0.1) is 0 Å². The van der Waals surface area contributed by atoms with Gasteiger partial charge in [-0.2, -0.15) is 0 Å². The van der Waals surface area contributed by atoms with E-state index in [1.807, 2.05) is 0 Å². The molecule has 2 rings (SSSR count). The molecular formula is C13H14ClNO4. The third kappa shape index (κ3) is 2.66. The van der Waals surface area contributed by atoms with E-state index in [0.29, 0.717) is 17.9 Å². The molecule has 1 aliphatic rings. The van der Waals surface area contributed by atoms with Crippen molar-refractivity contribution in [1.82, 2.24) is 4.90 Å². The second kappa shape index (κ2) is 5.48. The van der Waals surface area contributed by atoms with Crippen LogP contribution in [0.3, 0.4) is 0 Å². The van der Waals surface area contributed by atoms with Gasteiger partial charge in [0, 0.05) is 5.02 Å². The number of aliphatic carboxylic acids is 1. The van der Waals surface area contributed by atoms with Gasteiger partial charge in [-0.1, -0.05) is 23.7 Å². The lowest BCUT2D eigenvalue weighted by Gasteiger charge is -2.27. The molecule has 0 aromatic heterocycles. The van der Waals surface area contributed by atoms with Crippen LogP contribution in [0.2, 0.25) is 5.02 Å². The average molecular weight is 284 g/mol. The lowest BCUT2D eigenvalue weighted by atomic mass is 10.1. The van der Waals surface area contributed by atoms with Crippen LogP contribution in [0.5, 0.6) is 0 Å². The summed E-state index contributed by atoms with van der Waals surface area (Å²) in [5.74, 6) is -1.01. The second-order valence-electron chi connectivity index (χ2n) is 4.38. The maximum Gasteiger partial charge on any atom is 0.410 e. The summed E-state index contributed by atoms with van der Waals surface area (Å²) < 4.78 is 4.69. The Morgan fingerprint density at radius 1 is 1.32 bits per heavy atom. The van der Waals surface area contributed by atoms with Crippen molar-refractivity contribution in [2.24, 2.45) is 0 Å². The van der Waals surface area contributed by atoms with E-state index in [0.717, 1.165) is 5.56 Å². The first-order chi connectivity index (χ1) is 9.04. The van der Waals surface area contributed by atoms with Crippen LogP contribution in [0.15, 0.2) is 24.3 Å². The number of methoxy groups -OCH3 is 1. The number of hydrogen-bond donors (Lipinski definition) is 1. The molecule has 5 nitrogen and oxygen atoms in total. The predicted octanol–water partition coefficient (Wildman–Crippen LogP) is 2.70. The van der Waals surface area contributed by atoms with Crippen LogP contribution in [0.4, 0.5) is 4.79 Å². The Bertz CT molecular complexity index is 488. The minimum atomic E-state index is -1.01. The van der Waals surface area contributed by atoms with Gasteiger partial charge < -0.3 is 9.84 Å². The highest BCUT2D eigenvalue weighted by molar-refractivity contribution is 6.30. The zero-order valence-corrected chi connectivity index (χ0v) is 11.1. The van der Waals surface area contributed by atoms with Crippen molar-refractivity contribution in [3.05, 3.63) is 34.9 Å². The zero-order chi connectivity index (χ0) is 14.0. The molecule has 2 atom stereocenters. The van der Waals surface area contributed by atoms with E-state index in [4.69, 9.17) is 16.7 Å². The number of carbonyl (C=O) groups is 2. The van der Waals surface area contributed by atoms with Crippen molar-refractivity contribution in [3.8, 4) is 0 Å². The smallest absolute Gasteiger partial charge is 0.410 e. The molecule has 0 saturated carbocycles. The lowest BCUT2D eigenvalue weighted by molar-refractivity contribution is -0.142. The van der Waals surface area contributed by atoms with Crippen molar-refractivity contribution < 1.29 is 19.4 Å². The number of likely N-dealkylation sites (tertiary alicyclic amines) is 1. The molecular weight excluding hydrogens is 270 g/mol. The number of carboxylic acid groups (broad SMARTS) is 1. The Kier molecular flexibility index (Phi) is 3.95. The average Bonchev–Trinajstić information content (AvgIpc) is 2.83. The van der Waals surface area contributed by atoms with Crippen LogP contribution in [-0.2, 0) is 9.53 Å². The molecule has 102 valence electrons. The molecule has 1 aliphatic heterocycles. The van der Waals surface area contributed by atoms with Gasteiger partial charge in [-0.25, -0.2) is 9.59 Å². The zero-order valence-electron chi connectivity index (χ0n) is 10.4. The fourth-order valence-corrected chi connectivity index (χ4v) is 2.55. The summed E-state index contributed by atoms with van der Waals surface area (Å²) in [7, 11) is 1.25. The summed E-state index contributed by atoms with van der Waals surface area (Å²) in [4.78, 5) is 24.3. The summed E-state index contributed by atoms with van der Waals surface area (Å²) in [6, 6.07) is 5.92. The third-order valence-corrected chi connectivity index (χ3v) is 3.56. The first kappa shape index (κ1) is 13.7. The number of rotatable bonds is 2. The molecule has 1 fully saturated rings. The molecule has 2 unspecified atom stereocenters. The van der Waals surface area contributed by atoms with Crippen LogP contribution in [-0.4, -0.2) is 35.2 Å². The van der Waals surface area contributed by atoms with Gasteiger partial charge in [0.1, 0.15) is 6.04 Å². The molecule has 6 heteroatoms. The van der Waals surface area contributed by atoms with Gasteiger partial charge in [0.15, 0.2) is 0 Å². The van der Waals surface area contributed by atoms with Gasteiger partial charge in [-0.3, -0.25) is 4.90 Å². The Morgan fingerprint density at radius 3 is 2.47 bits per heavy atom. The number of hydrogen-bond acceptors (Lipinski definition) is 3. The highest BCUT2D eigenvalue weighted by Crippen LogP contribution is 2.37. The number of ether oxygens (including phenoxy) is 1. The summed E-state index contributed by atoms with van der Waals surface area (Å²) in [6.07, 6.45) is 0.385. The maximum atomic E-state index is 11.8. The van der Waals surface area contributed by atoms with Gasteiger partial charge in [0.05, 0.1) is 13.2 Å². The Balaban J connectivity index is 2.31. The first-order valence-corrected chi connectivity index (χ1v) is 6.27. The Morgan fingerprint density at radius 2 is 1.95 bits per heavy atom. The topological polar surface area (TPSA) is 66.8 Å². The van der Waals surface area contributed by atoms with Crippen LogP contribution < -0.4 is 0 Å². The molecule has 19 heavy (non-hydrogen) atoms. The largest absolute Gasteiger partial charge is 0.480 e. The van der Waals surface area contributed by atoms with E-state index >= 15 is 0 Å². The monoisotopic (exact) mass is 283 g/mol. The fraction of sp³-hybridized carbons (Fsp3) is 0.385. The molecule has 1 heterocycles. The van der Waals surface area contributed by atoms with Crippen LogP contribution in [0.1, 0.15) is 24.4 Å². The molecule has 1 aromatic rings. The maximum absolute atomic E-state index is 11.8. The number of amides is 1. The summed E-state index contributed by atoms with van der Waals surface area (Å²) in [5, 5.41) is 9.76. The SMILES string of the molecule is COC(=O)N1C(C(=O)O)CCC1c1ccc(Cl)cc1. The summed E-state index contributed by atoms with van der Waals surface area (Å²) in [6.45, 7) is 0. The molecule has 0 spiro atoms. The molecule has 0 aliphatic carbocycles. The van der Waals surface area contributed by atoms with E-state index < -0.39 is 18.1 Å². The van der Waals surface area contributed by atoms with Crippen molar-refractivity contribution in [3.63, 3.8) is 0 Å². The fourth-order valence-electron chi connectivity index (χ4n) is 2.43. The van der Waals surface area contributed by atoms with Gasteiger partial charge in [0.25, 0.3) is 0 Å². The minimum absolute atomic E-state index is 0.286. The first-order valence-electron chi connectivity index (χ1n) is 5.89. The van der Waals surface area contributed by atoms with Crippen molar-refractivity contribution in [2.75, 3.05) is 7.11 Å². The van der Waals surface area contributed by atoms with Crippen molar-refractivity contribution in [1.29, 1.82) is 0 Å². The molecule has 0 bridgehead atoms. The van der Waals surface area contributed by atoms with E-state index in [-0.39, 0.29) is 6.04 Å². The lowest BCUT2D eigenvalue weighted by Crippen LogP contribution is -2.41. The van der Waals surface area contributed by atoms with Crippen LogP contribution >= 0.6 is 11.6 Å². The number of halogens is 1. The van der Waals surface area contributed by atoms with E-state index in [9.17, 15) is 9.59 Å². The number of nitrogens with zero attached hydrogens (tertiary/aromatic N) is 1. The Labute approximate surface area is 115 Å². The van der Waals surface area contributed by atoms with Gasteiger partial charge in [0.2, 0.25) is 0 Å².